The molecule has 0 aliphatic carbocycles. The third kappa shape index (κ3) is 4.92. The number of benzene rings is 2. The first-order valence-electron chi connectivity index (χ1n) is 13.5. The Morgan fingerprint density at radius 2 is 1.83 bits per heavy atom. The summed E-state index contributed by atoms with van der Waals surface area (Å²) in [5.41, 5.74) is 0.00439. The second-order valence-corrected chi connectivity index (χ2v) is 10.1. The number of nitrogens with zero attached hydrogens (tertiary/aromatic N) is 4. The number of amides is 2. The zero-order chi connectivity index (χ0) is 28.5. The first-order chi connectivity index (χ1) is 20.0. The van der Waals surface area contributed by atoms with Crippen molar-refractivity contribution in [2.24, 2.45) is 0 Å². The summed E-state index contributed by atoms with van der Waals surface area (Å²) in [6.07, 6.45) is 1.69. The fourth-order valence-corrected chi connectivity index (χ4v) is 6.03. The third-order valence-electron chi connectivity index (χ3n) is 7.88. The van der Waals surface area contributed by atoms with Crippen LogP contribution in [0.1, 0.15) is 46.4 Å². The summed E-state index contributed by atoms with van der Waals surface area (Å²) in [6.45, 7) is 1.31. The van der Waals surface area contributed by atoms with E-state index < -0.39 is 53.9 Å². The Morgan fingerprint density at radius 1 is 1.05 bits per heavy atom. The zero-order valence-corrected chi connectivity index (χ0v) is 22.1. The predicted molar refractivity (Wildman–Crippen MR) is 141 cm³/mol. The van der Waals surface area contributed by atoms with E-state index in [-0.39, 0.29) is 17.0 Å². The van der Waals surface area contributed by atoms with E-state index in [2.05, 4.69) is 5.10 Å². The van der Waals surface area contributed by atoms with Crippen LogP contribution in [0.5, 0.6) is 5.75 Å². The van der Waals surface area contributed by atoms with E-state index in [9.17, 15) is 18.8 Å². The van der Waals surface area contributed by atoms with Gasteiger partial charge in [-0.05, 0) is 24.5 Å². The van der Waals surface area contributed by atoms with Gasteiger partial charge in [-0.2, -0.15) is 5.10 Å². The van der Waals surface area contributed by atoms with E-state index in [4.69, 9.17) is 14.2 Å². The van der Waals surface area contributed by atoms with Gasteiger partial charge < -0.3 is 24.0 Å². The minimum absolute atomic E-state index is 0.107. The summed E-state index contributed by atoms with van der Waals surface area (Å²) < 4.78 is 47.4. The van der Waals surface area contributed by atoms with Gasteiger partial charge in [0.15, 0.2) is 17.3 Å². The van der Waals surface area contributed by atoms with Crippen molar-refractivity contribution in [3.8, 4) is 5.75 Å². The molecule has 12 heteroatoms. The van der Waals surface area contributed by atoms with Crippen LogP contribution < -0.4 is 10.2 Å². The molecule has 3 aliphatic heterocycles. The molecule has 41 heavy (non-hydrogen) atoms. The molecule has 0 spiro atoms. The number of hydrogen-bond donors (Lipinski definition) is 0. The number of ether oxygens (including phenoxy) is 3. The average molecular weight is 567 g/mol. The van der Waals surface area contributed by atoms with Gasteiger partial charge in [0.05, 0.1) is 31.5 Å². The van der Waals surface area contributed by atoms with Crippen molar-refractivity contribution in [2.45, 2.75) is 30.8 Å². The van der Waals surface area contributed by atoms with Crippen molar-refractivity contribution in [2.75, 3.05) is 39.6 Å². The van der Waals surface area contributed by atoms with Gasteiger partial charge in [0.25, 0.3) is 5.91 Å². The van der Waals surface area contributed by atoms with Crippen LogP contribution in [0.2, 0.25) is 0 Å². The molecule has 0 saturated carbocycles. The molecule has 10 nitrogen and oxygen atoms in total. The molecule has 0 radical (unpaired) electrons. The minimum Gasteiger partial charge on any atom is -0.451 e. The molecule has 2 amide bonds. The van der Waals surface area contributed by atoms with Crippen LogP contribution >= 0.6 is 0 Å². The largest absolute Gasteiger partial charge is 0.451 e. The first kappa shape index (κ1) is 26.9. The van der Waals surface area contributed by atoms with Crippen molar-refractivity contribution in [1.29, 1.82) is 0 Å². The Balaban J connectivity index is 1.42. The topological polar surface area (TPSA) is 103 Å². The molecule has 214 valence electrons. The van der Waals surface area contributed by atoms with Gasteiger partial charge in [-0.3, -0.25) is 14.3 Å². The van der Waals surface area contributed by atoms with Gasteiger partial charge >= 0.3 is 6.09 Å². The summed E-state index contributed by atoms with van der Waals surface area (Å²) in [6, 6.07) is 12.0. The number of morpholine rings is 1. The lowest BCUT2D eigenvalue weighted by Gasteiger charge is -2.42. The predicted octanol–water partition coefficient (Wildman–Crippen LogP) is 3.32. The second kappa shape index (κ2) is 11.3. The lowest BCUT2D eigenvalue weighted by Crippen LogP contribution is -2.51. The number of carbonyl (C=O) groups is 2. The van der Waals surface area contributed by atoms with Gasteiger partial charge in [-0.15, -0.1) is 0 Å². The highest BCUT2D eigenvalue weighted by Gasteiger charge is 2.49. The molecule has 6 rings (SSSR count). The highest BCUT2D eigenvalue weighted by atomic mass is 19.2. The zero-order valence-electron chi connectivity index (χ0n) is 22.1. The number of hydrogen-bond acceptors (Lipinski definition) is 7. The van der Waals surface area contributed by atoms with Crippen LogP contribution in [-0.4, -0.2) is 77.3 Å². The summed E-state index contributed by atoms with van der Waals surface area (Å²) >= 11 is 0. The van der Waals surface area contributed by atoms with Crippen LogP contribution in [0.25, 0.3) is 0 Å². The van der Waals surface area contributed by atoms with Gasteiger partial charge in [-0.25, -0.2) is 13.6 Å². The summed E-state index contributed by atoms with van der Waals surface area (Å²) in [4.78, 5) is 42.2. The normalized spacial score (nSPS) is 20.8. The minimum atomic E-state index is -0.989. The standard InChI is InChI=1S/C29H28F2N4O6/c30-20-9-4-8-19(24(20)31)23(18-6-2-1-3-7-18)25-21-10-5-11-34(21)28(37)26-27(22(36)16-32-35(25)26)40-17-41-29(38)33-12-14-39-15-13-33/h1-4,6-9,16,21,23,25H,5,10-15,17H2/t21-,23?,25-/m1/s1. The van der Waals surface area contributed by atoms with Gasteiger partial charge in [0.1, 0.15) is 0 Å². The molecule has 2 fully saturated rings. The molecule has 2 saturated heterocycles. The average Bonchev–Trinajstić information content (AvgIpc) is 3.49. The maximum absolute atomic E-state index is 15.4. The highest BCUT2D eigenvalue weighted by Crippen LogP contribution is 2.46. The number of rotatable bonds is 6. The number of halogens is 2. The Hall–Kier alpha value is -4.32. The molecule has 0 N–H and O–H groups in total. The molecule has 2 aromatic carbocycles. The number of carbonyl (C=O) groups excluding carboxylic acids is 2. The van der Waals surface area contributed by atoms with E-state index in [1.165, 1.54) is 21.7 Å². The SMILES string of the molecule is O=C(OCOc1c2n(ncc1=O)[C@@H](C(c1ccccc1)c1cccc(F)c1F)[C@H]1CCCN1C2=O)N1CCOCC1. The lowest BCUT2D eigenvalue weighted by molar-refractivity contribution is 0.000324. The van der Waals surface area contributed by atoms with Crippen molar-refractivity contribution in [3.63, 3.8) is 0 Å². The maximum Gasteiger partial charge on any atom is 0.412 e. The van der Waals surface area contributed by atoms with Crippen LogP contribution in [0.15, 0.2) is 59.5 Å². The molecule has 4 heterocycles. The molecular formula is C29H28F2N4O6. The molecular weight excluding hydrogens is 538 g/mol. The molecule has 1 unspecified atom stereocenters. The Labute approximate surface area is 234 Å². The van der Waals surface area contributed by atoms with Crippen LogP contribution in [0.4, 0.5) is 13.6 Å². The van der Waals surface area contributed by atoms with Crippen molar-refractivity contribution in [3.05, 3.63) is 93.4 Å². The first-order valence-corrected chi connectivity index (χ1v) is 13.5. The Bertz CT molecular complexity index is 1510. The number of aromatic nitrogens is 2. The van der Waals surface area contributed by atoms with E-state index in [1.807, 2.05) is 18.2 Å². The van der Waals surface area contributed by atoms with Gasteiger partial charge in [0.2, 0.25) is 18.0 Å². The fraction of sp³-hybridized carbons (Fsp3) is 0.379. The third-order valence-corrected chi connectivity index (χ3v) is 7.88. The highest BCUT2D eigenvalue weighted by molar-refractivity contribution is 5.96. The maximum atomic E-state index is 15.4. The fourth-order valence-electron chi connectivity index (χ4n) is 6.03. The molecule has 3 atom stereocenters. The van der Waals surface area contributed by atoms with Gasteiger partial charge in [-0.1, -0.05) is 42.5 Å². The smallest absolute Gasteiger partial charge is 0.412 e. The van der Waals surface area contributed by atoms with Crippen molar-refractivity contribution in [1.82, 2.24) is 19.6 Å². The molecule has 0 bridgehead atoms. The quantitative estimate of drug-likeness (QED) is 0.422. The number of fused-ring (bicyclic) bond motifs is 2. The van der Waals surface area contributed by atoms with Gasteiger partial charge in [0, 0.05) is 31.1 Å². The summed E-state index contributed by atoms with van der Waals surface area (Å²) in [7, 11) is 0. The van der Waals surface area contributed by atoms with E-state index in [1.54, 1.807) is 17.0 Å². The Kier molecular flexibility index (Phi) is 7.39. The van der Waals surface area contributed by atoms with E-state index in [0.29, 0.717) is 51.3 Å². The van der Waals surface area contributed by atoms with E-state index in [0.717, 1.165) is 12.3 Å². The van der Waals surface area contributed by atoms with Crippen LogP contribution in [0.3, 0.4) is 0 Å². The summed E-state index contributed by atoms with van der Waals surface area (Å²) in [5, 5.41) is 4.34. The lowest BCUT2D eigenvalue weighted by atomic mass is 9.79. The Morgan fingerprint density at radius 3 is 2.61 bits per heavy atom. The van der Waals surface area contributed by atoms with Crippen LogP contribution in [0, 0.1) is 11.6 Å². The molecule has 3 aromatic rings. The van der Waals surface area contributed by atoms with Crippen molar-refractivity contribution < 1.29 is 32.6 Å². The van der Waals surface area contributed by atoms with E-state index >= 15 is 4.39 Å². The second-order valence-electron chi connectivity index (χ2n) is 10.1. The molecule has 3 aliphatic rings. The monoisotopic (exact) mass is 566 g/mol. The van der Waals surface area contributed by atoms with Crippen molar-refractivity contribution >= 4 is 12.0 Å². The molecule has 1 aromatic heterocycles. The van der Waals surface area contributed by atoms with Crippen LogP contribution in [-0.2, 0) is 9.47 Å². The summed E-state index contributed by atoms with van der Waals surface area (Å²) in [5.74, 6) is -3.52.